The lowest BCUT2D eigenvalue weighted by molar-refractivity contribution is 0.0996. The number of carbonyl (C=O) groups is 2. The molecule has 176 valence electrons. The van der Waals surface area contributed by atoms with Crippen molar-refractivity contribution in [3.05, 3.63) is 39.7 Å². The lowest BCUT2D eigenvalue weighted by Gasteiger charge is -2.09. The third kappa shape index (κ3) is 7.92. The van der Waals surface area contributed by atoms with Crippen LogP contribution in [0.4, 0.5) is 14.2 Å². The highest BCUT2D eigenvalue weighted by Crippen LogP contribution is 2.31. The predicted octanol–water partition coefficient (Wildman–Crippen LogP) is 4.21. The van der Waals surface area contributed by atoms with E-state index in [0.29, 0.717) is 23.2 Å². The van der Waals surface area contributed by atoms with Gasteiger partial charge in [-0.3, -0.25) is 10.1 Å². The molecule has 0 aliphatic heterocycles. The first-order valence-electron chi connectivity index (χ1n) is 10.3. The summed E-state index contributed by atoms with van der Waals surface area (Å²) in [6.45, 7) is 7.11. The van der Waals surface area contributed by atoms with E-state index >= 15 is 0 Å². The topological polar surface area (TPSA) is 118 Å². The Balaban J connectivity index is 1.89. The largest absolute Gasteiger partial charge is 0.471 e. The Morgan fingerprint density at radius 1 is 1.25 bits per heavy atom. The molecule has 5 N–H and O–H groups in total. The molecule has 0 unspecified atom stereocenters. The van der Waals surface area contributed by atoms with Crippen LogP contribution in [0.15, 0.2) is 12.1 Å². The molecule has 0 aliphatic carbocycles. The van der Waals surface area contributed by atoms with Gasteiger partial charge in [-0.2, -0.15) is 4.37 Å². The zero-order valence-corrected chi connectivity index (χ0v) is 20.0. The van der Waals surface area contributed by atoms with Crippen molar-refractivity contribution in [1.29, 1.82) is 0 Å². The molecule has 0 saturated carbocycles. The minimum atomic E-state index is -0.816. The third-order valence-corrected chi connectivity index (χ3v) is 5.67. The van der Waals surface area contributed by atoms with Crippen molar-refractivity contribution < 1.29 is 18.7 Å². The number of carbonyl (C=O) groups excluding carboxylic acids is 2. The Bertz CT molecular complexity index is 938. The summed E-state index contributed by atoms with van der Waals surface area (Å²) >= 11 is 6.89. The average Bonchev–Trinajstić information content (AvgIpc) is 3.11. The molecular weight excluding hydrogens is 457 g/mol. The smallest absolute Gasteiger partial charge is 0.319 e. The molecular formula is C21H29ClFN5O3S. The normalized spacial score (nSPS) is 10.9. The summed E-state index contributed by atoms with van der Waals surface area (Å²) in [6, 6.07) is 2.74. The molecule has 0 saturated heterocycles. The van der Waals surface area contributed by atoms with Gasteiger partial charge < -0.3 is 21.1 Å². The van der Waals surface area contributed by atoms with Crippen molar-refractivity contribution in [2.75, 3.05) is 18.4 Å². The number of aryl methyl sites for hydroxylation is 1. The van der Waals surface area contributed by atoms with E-state index in [1.165, 1.54) is 12.1 Å². The molecule has 2 rings (SSSR count). The molecule has 11 heteroatoms. The van der Waals surface area contributed by atoms with E-state index < -0.39 is 17.8 Å². The van der Waals surface area contributed by atoms with Gasteiger partial charge in [0.1, 0.15) is 23.0 Å². The van der Waals surface area contributed by atoms with Gasteiger partial charge in [0.05, 0.1) is 0 Å². The highest BCUT2D eigenvalue weighted by molar-refractivity contribution is 7.11. The number of ether oxygens (including phenoxy) is 1. The van der Waals surface area contributed by atoms with Gasteiger partial charge in [-0.1, -0.05) is 31.9 Å². The molecule has 8 nitrogen and oxygen atoms in total. The first kappa shape index (κ1) is 25.8. The van der Waals surface area contributed by atoms with Crippen LogP contribution in [0.25, 0.3) is 0 Å². The zero-order valence-electron chi connectivity index (χ0n) is 18.4. The van der Waals surface area contributed by atoms with Crippen molar-refractivity contribution in [3.8, 4) is 5.88 Å². The quantitative estimate of drug-likeness (QED) is 0.336. The van der Waals surface area contributed by atoms with E-state index in [-0.39, 0.29) is 28.6 Å². The standard InChI is InChI=1S/C21H29ClFN5O3S/c1-12(2)25-7-5-4-6-8-26-21(30)27-20-17(18(24)29)19(28-32-20)31-11-14-10-15(22)13(3)9-16(14)23/h9-10,12,25H,4-8,11H2,1-3H3,(H2,24,29)(H2,26,27,30). The lowest BCUT2D eigenvalue weighted by atomic mass is 10.1. The number of aromatic nitrogens is 1. The fraction of sp³-hybridized carbons (Fsp3) is 0.476. The Morgan fingerprint density at radius 3 is 2.66 bits per heavy atom. The van der Waals surface area contributed by atoms with Crippen LogP contribution in [-0.2, 0) is 6.61 Å². The first-order chi connectivity index (χ1) is 15.2. The number of rotatable bonds is 12. The van der Waals surface area contributed by atoms with Gasteiger partial charge in [-0.15, -0.1) is 0 Å². The number of benzene rings is 1. The summed E-state index contributed by atoms with van der Waals surface area (Å²) in [7, 11) is 0. The average molecular weight is 486 g/mol. The monoisotopic (exact) mass is 485 g/mol. The molecule has 0 fully saturated rings. The molecule has 1 aromatic carbocycles. The zero-order chi connectivity index (χ0) is 23.7. The predicted molar refractivity (Wildman–Crippen MR) is 125 cm³/mol. The summed E-state index contributed by atoms with van der Waals surface area (Å²) in [6.07, 6.45) is 2.83. The molecule has 0 atom stereocenters. The summed E-state index contributed by atoms with van der Waals surface area (Å²) in [5.41, 5.74) is 6.19. The summed E-state index contributed by atoms with van der Waals surface area (Å²) < 4.78 is 23.6. The number of unbranched alkanes of at least 4 members (excludes halogenated alkanes) is 2. The number of anilines is 1. The lowest BCUT2D eigenvalue weighted by Crippen LogP contribution is -2.30. The molecule has 0 spiro atoms. The number of nitrogens with zero attached hydrogens (tertiary/aromatic N) is 1. The van der Waals surface area contributed by atoms with E-state index in [1.54, 1.807) is 6.92 Å². The highest BCUT2D eigenvalue weighted by atomic mass is 35.5. The van der Waals surface area contributed by atoms with Crippen LogP contribution in [-0.4, -0.2) is 35.4 Å². The maximum absolute atomic E-state index is 14.1. The minimum absolute atomic E-state index is 0.0662. The molecule has 3 amide bonds. The second kappa shape index (κ2) is 12.6. The van der Waals surface area contributed by atoms with Gasteiger partial charge in [0.15, 0.2) is 0 Å². The van der Waals surface area contributed by atoms with Gasteiger partial charge >= 0.3 is 6.03 Å². The van der Waals surface area contributed by atoms with E-state index in [4.69, 9.17) is 22.1 Å². The summed E-state index contributed by atoms with van der Waals surface area (Å²) in [4.78, 5) is 24.1. The van der Waals surface area contributed by atoms with Crippen LogP contribution >= 0.6 is 23.1 Å². The number of nitrogens with one attached hydrogen (secondary N) is 3. The Kier molecular flexibility index (Phi) is 10.1. The minimum Gasteiger partial charge on any atom is -0.471 e. The number of urea groups is 1. The van der Waals surface area contributed by atoms with Gasteiger partial charge in [0.2, 0.25) is 5.88 Å². The number of nitrogens with two attached hydrogens (primary N) is 1. The highest BCUT2D eigenvalue weighted by Gasteiger charge is 2.22. The van der Waals surface area contributed by atoms with Gasteiger partial charge in [-0.25, -0.2) is 9.18 Å². The van der Waals surface area contributed by atoms with Crippen LogP contribution in [0, 0.1) is 12.7 Å². The first-order valence-corrected chi connectivity index (χ1v) is 11.5. The SMILES string of the molecule is Cc1cc(F)c(COc2nsc(NC(=O)NCCCCCNC(C)C)c2C(N)=O)cc1Cl. The molecule has 1 aromatic heterocycles. The molecule has 0 aliphatic rings. The Morgan fingerprint density at radius 2 is 1.97 bits per heavy atom. The molecule has 2 aromatic rings. The number of amides is 3. The third-order valence-electron chi connectivity index (χ3n) is 4.52. The maximum atomic E-state index is 14.1. The second-order valence-corrected chi connectivity index (χ2v) is 8.77. The maximum Gasteiger partial charge on any atom is 0.319 e. The van der Waals surface area contributed by atoms with Crippen molar-refractivity contribution in [3.63, 3.8) is 0 Å². The van der Waals surface area contributed by atoms with Crippen molar-refractivity contribution in [2.24, 2.45) is 5.73 Å². The van der Waals surface area contributed by atoms with Crippen molar-refractivity contribution in [2.45, 2.75) is 52.7 Å². The summed E-state index contributed by atoms with van der Waals surface area (Å²) in [5, 5.41) is 9.20. The van der Waals surface area contributed by atoms with E-state index in [9.17, 15) is 14.0 Å². The van der Waals surface area contributed by atoms with Crippen LogP contribution < -0.4 is 26.4 Å². The Labute approximate surface area is 196 Å². The fourth-order valence-electron chi connectivity index (χ4n) is 2.79. The second-order valence-electron chi connectivity index (χ2n) is 7.59. The number of hydrogen-bond donors (Lipinski definition) is 4. The van der Waals surface area contributed by atoms with Crippen molar-refractivity contribution >= 4 is 40.1 Å². The molecule has 0 radical (unpaired) electrons. The van der Waals surface area contributed by atoms with Gasteiger partial charge in [0.25, 0.3) is 5.91 Å². The van der Waals surface area contributed by atoms with E-state index in [2.05, 4.69) is 34.2 Å². The number of primary amides is 1. The van der Waals surface area contributed by atoms with E-state index in [0.717, 1.165) is 37.3 Å². The van der Waals surface area contributed by atoms with Crippen LogP contribution in [0.1, 0.15) is 54.6 Å². The van der Waals surface area contributed by atoms with Gasteiger partial charge in [-0.05, 0) is 55.5 Å². The number of hydrogen-bond acceptors (Lipinski definition) is 6. The van der Waals surface area contributed by atoms with Crippen LogP contribution in [0.5, 0.6) is 5.88 Å². The van der Waals surface area contributed by atoms with E-state index in [1.807, 2.05) is 0 Å². The number of halogens is 2. The molecule has 32 heavy (non-hydrogen) atoms. The van der Waals surface area contributed by atoms with Crippen LogP contribution in [0.2, 0.25) is 5.02 Å². The van der Waals surface area contributed by atoms with Crippen LogP contribution in [0.3, 0.4) is 0 Å². The summed E-state index contributed by atoms with van der Waals surface area (Å²) in [5.74, 6) is -1.38. The van der Waals surface area contributed by atoms with Gasteiger partial charge in [0, 0.05) is 23.2 Å². The molecule has 0 bridgehead atoms. The fourth-order valence-corrected chi connectivity index (χ4v) is 3.71. The Hall–Kier alpha value is -2.43. The van der Waals surface area contributed by atoms with Crippen molar-refractivity contribution in [1.82, 2.24) is 15.0 Å². The molecule has 1 heterocycles.